The van der Waals surface area contributed by atoms with E-state index in [1.54, 1.807) is 35.5 Å². The molecule has 4 rings (SSSR count). The van der Waals surface area contributed by atoms with E-state index in [-0.39, 0.29) is 25.0 Å². The van der Waals surface area contributed by atoms with E-state index in [2.05, 4.69) is 15.3 Å². The van der Waals surface area contributed by atoms with E-state index in [0.717, 1.165) is 16.8 Å². The second-order valence-corrected chi connectivity index (χ2v) is 8.31. The van der Waals surface area contributed by atoms with Crippen LogP contribution in [0.5, 0.6) is 0 Å². The zero-order chi connectivity index (χ0) is 24.1. The molecule has 3 aromatic rings. The third kappa shape index (κ3) is 5.55. The van der Waals surface area contributed by atoms with Gasteiger partial charge in [-0.25, -0.2) is 4.79 Å². The van der Waals surface area contributed by atoms with E-state index < -0.39 is 5.97 Å². The Morgan fingerprint density at radius 3 is 2.32 bits per heavy atom. The number of amides is 2. The van der Waals surface area contributed by atoms with Crippen LogP contribution in [0.3, 0.4) is 0 Å². The Hall–Kier alpha value is -3.85. The SMILES string of the molecule is Cc1cccc(C)c1NC(=O)CN1CCN(C(=O)COC(=O)c2ccc3nccnc3c2)CC1. The van der Waals surface area contributed by atoms with Crippen molar-refractivity contribution in [3.8, 4) is 0 Å². The number of esters is 1. The molecule has 1 saturated heterocycles. The van der Waals surface area contributed by atoms with Gasteiger partial charge in [-0.15, -0.1) is 0 Å². The number of nitrogens with one attached hydrogen (secondary N) is 1. The Labute approximate surface area is 197 Å². The topological polar surface area (TPSA) is 105 Å². The molecular weight excluding hydrogens is 434 g/mol. The largest absolute Gasteiger partial charge is 0.452 e. The Morgan fingerprint density at radius 1 is 0.941 bits per heavy atom. The molecule has 0 unspecified atom stereocenters. The highest BCUT2D eigenvalue weighted by Gasteiger charge is 2.24. The fraction of sp³-hybridized carbons (Fsp3) is 0.320. The molecule has 1 N–H and O–H groups in total. The van der Waals surface area contributed by atoms with E-state index in [0.29, 0.717) is 42.8 Å². The number of anilines is 1. The lowest BCUT2D eigenvalue weighted by Gasteiger charge is -2.34. The van der Waals surface area contributed by atoms with Crippen molar-refractivity contribution in [2.75, 3.05) is 44.6 Å². The molecule has 0 bridgehead atoms. The Balaban J connectivity index is 1.22. The van der Waals surface area contributed by atoms with E-state index in [9.17, 15) is 14.4 Å². The van der Waals surface area contributed by atoms with Crippen molar-refractivity contribution < 1.29 is 19.1 Å². The van der Waals surface area contributed by atoms with Crippen LogP contribution in [0.25, 0.3) is 11.0 Å². The summed E-state index contributed by atoms with van der Waals surface area (Å²) in [6.07, 6.45) is 3.13. The Morgan fingerprint density at radius 2 is 1.62 bits per heavy atom. The fourth-order valence-corrected chi connectivity index (χ4v) is 3.94. The number of ether oxygens (including phenoxy) is 1. The zero-order valence-electron chi connectivity index (χ0n) is 19.3. The summed E-state index contributed by atoms with van der Waals surface area (Å²) in [7, 11) is 0. The molecule has 176 valence electrons. The minimum absolute atomic E-state index is 0.0776. The molecule has 1 aromatic heterocycles. The predicted molar refractivity (Wildman–Crippen MR) is 127 cm³/mol. The molecule has 0 aliphatic carbocycles. The number of para-hydroxylation sites is 1. The van der Waals surface area contributed by atoms with E-state index in [4.69, 9.17) is 4.74 Å². The molecule has 1 fully saturated rings. The standard InChI is InChI=1S/C25H27N5O4/c1-17-4-3-5-18(2)24(17)28-22(31)15-29-10-12-30(13-11-29)23(32)16-34-25(33)19-6-7-20-21(14-19)27-9-8-26-20/h3-9,14H,10-13,15-16H2,1-2H3,(H,28,31). The predicted octanol–water partition coefficient (Wildman–Crippen LogP) is 2.19. The maximum atomic E-state index is 12.5. The molecular formula is C25H27N5O4. The Bertz CT molecular complexity index is 1200. The minimum atomic E-state index is -0.581. The molecule has 0 saturated carbocycles. The summed E-state index contributed by atoms with van der Waals surface area (Å²) < 4.78 is 5.22. The van der Waals surface area contributed by atoms with Gasteiger partial charge >= 0.3 is 5.97 Å². The molecule has 1 aliphatic rings. The number of hydrogen-bond acceptors (Lipinski definition) is 7. The van der Waals surface area contributed by atoms with Crippen LogP contribution in [0.4, 0.5) is 5.69 Å². The summed E-state index contributed by atoms with van der Waals surface area (Å²) in [5, 5.41) is 2.99. The summed E-state index contributed by atoms with van der Waals surface area (Å²) in [5.74, 6) is -0.914. The smallest absolute Gasteiger partial charge is 0.338 e. The molecule has 1 aliphatic heterocycles. The first kappa shape index (κ1) is 23.3. The average molecular weight is 462 g/mol. The van der Waals surface area contributed by atoms with E-state index >= 15 is 0 Å². The lowest BCUT2D eigenvalue weighted by Crippen LogP contribution is -2.51. The third-order valence-corrected chi connectivity index (χ3v) is 5.87. The van der Waals surface area contributed by atoms with Crippen LogP contribution in [0.1, 0.15) is 21.5 Å². The van der Waals surface area contributed by atoms with Gasteiger partial charge in [0.15, 0.2) is 6.61 Å². The highest BCUT2D eigenvalue weighted by atomic mass is 16.5. The van der Waals surface area contributed by atoms with Crippen LogP contribution < -0.4 is 5.32 Å². The van der Waals surface area contributed by atoms with Gasteiger partial charge in [-0.05, 0) is 43.2 Å². The number of benzene rings is 2. The second kappa shape index (κ2) is 10.4. The van der Waals surface area contributed by atoms with Crippen LogP contribution in [0.15, 0.2) is 48.8 Å². The first-order valence-corrected chi connectivity index (χ1v) is 11.1. The van der Waals surface area contributed by atoms with Gasteiger partial charge in [0.05, 0.1) is 23.1 Å². The number of nitrogens with zero attached hydrogens (tertiary/aromatic N) is 4. The monoisotopic (exact) mass is 461 g/mol. The zero-order valence-corrected chi connectivity index (χ0v) is 19.3. The van der Waals surface area contributed by atoms with Crippen molar-refractivity contribution in [1.82, 2.24) is 19.8 Å². The number of carbonyl (C=O) groups excluding carboxylic acids is 3. The molecule has 2 heterocycles. The summed E-state index contributed by atoms with van der Waals surface area (Å²) >= 11 is 0. The average Bonchev–Trinajstić information content (AvgIpc) is 2.85. The number of carbonyl (C=O) groups is 3. The number of aromatic nitrogens is 2. The van der Waals surface area contributed by atoms with Crippen molar-refractivity contribution in [3.63, 3.8) is 0 Å². The number of fused-ring (bicyclic) bond motifs is 1. The summed E-state index contributed by atoms with van der Waals surface area (Å²) in [6.45, 7) is 5.95. The van der Waals surface area contributed by atoms with Gasteiger partial charge in [0.2, 0.25) is 5.91 Å². The first-order chi connectivity index (χ1) is 16.4. The summed E-state index contributed by atoms with van der Waals surface area (Å²) in [6, 6.07) is 10.8. The lowest BCUT2D eigenvalue weighted by atomic mass is 10.1. The van der Waals surface area contributed by atoms with Gasteiger partial charge in [-0.1, -0.05) is 18.2 Å². The van der Waals surface area contributed by atoms with Crippen LogP contribution in [-0.2, 0) is 14.3 Å². The van der Waals surface area contributed by atoms with Crippen LogP contribution in [0.2, 0.25) is 0 Å². The van der Waals surface area contributed by atoms with Crippen molar-refractivity contribution in [3.05, 3.63) is 65.5 Å². The number of aryl methyl sites for hydroxylation is 2. The quantitative estimate of drug-likeness (QED) is 0.561. The number of hydrogen-bond donors (Lipinski definition) is 1. The van der Waals surface area contributed by atoms with Crippen LogP contribution in [0, 0.1) is 13.8 Å². The van der Waals surface area contributed by atoms with Crippen molar-refractivity contribution in [1.29, 1.82) is 0 Å². The highest BCUT2D eigenvalue weighted by molar-refractivity contribution is 5.95. The molecule has 0 radical (unpaired) electrons. The molecule has 34 heavy (non-hydrogen) atoms. The van der Waals surface area contributed by atoms with Crippen LogP contribution >= 0.6 is 0 Å². The fourth-order valence-electron chi connectivity index (χ4n) is 3.94. The van der Waals surface area contributed by atoms with E-state index in [1.807, 2.05) is 36.9 Å². The second-order valence-electron chi connectivity index (χ2n) is 8.31. The highest BCUT2D eigenvalue weighted by Crippen LogP contribution is 2.19. The molecule has 0 atom stereocenters. The molecule has 9 nitrogen and oxygen atoms in total. The van der Waals surface area contributed by atoms with Crippen molar-refractivity contribution >= 4 is 34.5 Å². The number of piperazine rings is 1. The lowest BCUT2D eigenvalue weighted by molar-refractivity contribution is -0.136. The number of rotatable bonds is 6. The van der Waals surface area contributed by atoms with Gasteiger partial charge in [-0.2, -0.15) is 0 Å². The molecule has 2 amide bonds. The first-order valence-electron chi connectivity index (χ1n) is 11.1. The summed E-state index contributed by atoms with van der Waals surface area (Å²) in [5.41, 5.74) is 4.48. The molecule has 2 aromatic carbocycles. The van der Waals surface area contributed by atoms with Gasteiger partial charge in [0.1, 0.15) is 0 Å². The third-order valence-electron chi connectivity index (χ3n) is 5.87. The normalized spacial score (nSPS) is 14.1. The van der Waals surface area contributed by atoms with Crippen molar-refractivity contribution in [2.24, 2.45) is 0 Å². The summed E-state index contributed by atoms with van der Waals surface area (Å²) in [4.78, 5) is 49.4. The van der Waals surface area contributed by atoms with Gasteiger partial charge in [0.25, 0.3) is 5.91 Å². The minimum Gasteiger partial charge on any atom is -0.452 e. The van der Waals surface area contributed by atoms with Gasteiger partial charge in [-0.3, -0.25) is 24.5 Å². The van der Waals surface area contributed by atoms with Crippen molar-refractivity contribution in [2.45, 2.75) is 13.8 Å². The van der Waals surface area contributed by atoms with Gasteiger partial charge in [0, 0.05) is 44.3 Å². The molecule has 0 spiro atoms. The maximum absolute atomic E-state index is 12.5. The molecule has 9 heteroatoms. The Kier molecular flexibility index (Phi) is 7.12. The maximum Gasteiger partial charge on any atom is 0.338 e. The van der Waals surface area contributed by atoms with E-state index in [1.165, 1.54) is 0 Å². The van der Waals surface area contributed by atoms with Crippen LogP contribution in [-0.4, -0.2) is 76.9 Å². The van der Waals surface area contributed by atoms with Gasteiger partial charge < -0.3 is 15.0 Å².